The zero-order chi connectivity index (χ0) is 20.0. The summed E-state index contributed by atoms with van der Waals surface area (Å²) in [7, 11) is 2.11. The minimum absolute atomic E-state index is 0.205. The molecular weight excluding hydrogens is 366 g/mol. The Hall–Kier alpha value is -1.42. The Morgan fingerprint density at radius 1 is 1.07 bits per heavy atom. The number of rotatable bonds is 13. The normalized spacial score (nSPS) is 15.4. The molecule has 1 aromatic carbocycles. The largest absolute Gasteiger partial charge is 0.462 e. The van der Waals surface area contributed by atoms with Crippen molar-refractivity contribution in [3.05, 3.63) is 40.4 Å². The molecule has 2 rings (SSSR count). The average Bonchev–Trinajstić information content (AvgIpc) is 3.10. The maximum Gasteiger partial charge on any atom is 0.338 e. The topological polar surface area (TPSA) is 29.5 Å². The summed E-state index contributed by atoms with van der Waals surface area (Å²) in [5.41, 5.74) is 1.71. The Kier molecular flexibility index (Phi) is 11.2. The molecule has 4 heteroatoms. The van der Waals surface area contributed by atoms with Crippen LogP contribution >= 0.6 is 11.8 Å². The van der Waals surface area contributed by atoms with Crippen LogP contribution in [0, 0.1) is 0 Å². The highest BCUT2D eigenvalue weighted by Gasteiger charge is 2.13. The minimum atomic E-state index is -0.205. The van der Waals surface area contributed by atoms with Gasteiger partial charge in [0.15, 0.2) is 0 Å². The molecular formula is C24H37NO2S. The third kappa shape index (κ3) is 8.72. The Morgan fingerprint density at radius 2 is 1.75 bits per heavy atom. The van der Waals surface area contributed by atoms with Crippen molar-refractivity contribution in [3.63, 3.8) is 0 Å². The van der Waals surface area contributed by atoms with E-state index in [0.29, 0.717) is 12.2 Å². The van der Waals surface area contributed by atoms with Crippen molar-refractivity contribution in [2.75, 3.05) is 26.0 Å². The van der Waals surface area contributed by atoms with Crippen LogP contribution in [0.1, 0.15) is 87.1 Å². The highest BCUT2D eigenvalue weighted by atomic mass is 32.2. The number of esters is 1. The molecule has 1 fully saturated rings. The zero-order valence-corrected chi connectivity index (χ0v) is 18.6. The van der Waals surface area contributed by atoms with Crippen molar-refractivity contribution >= 4 is 23.8 Å². The molecule has 0 bridgehead atoms. The smallest absolute Gasteiger partial charge is 0.338 e. The van der Waals surface area contributed by atoms with Gasteiger partial charge >= 0.3 is 5.97 Å². The Labute approximate surface area is 175 Å². The van der Waals surface area contributed by atoms with Gasteiger partial charge in [-0.1, -0.05) is 76.8 Å². The van der Waals surface area contributed by atoms with Gasteiger partial charge in [0.1, 0.15) is 0 Å². The number of unbranched alkanes of at least 4 members (excludes halogenated alkanes) is 9. The van der Waals surface area contributed by atoms with Crippen molar-refractivity contribution in [3.8, 4) is 0 Å². The molecule has 1 aromatic rings. The van der Waals surface area contributed by atoms with Crippen molar-refractivity contribution in [2.24, 2.45) is 0 Å². The molecule has 3 nitrogen and oxygen atoms in total. The van der Waals surface area contributed by atoms with Crippen LogP contribution in [0.3, 0.4) is 0 Å². The maximum atomic E-state index is 12.3. The van der Waals surface area contributed by atoms with E-state index >= 15 is 0 Å². The van der Waals surface area contributed by atoms with Crippen LogP contribution in [0.4, 0.5) is 0 Å². The second kappa shape index (κ2) is 13.7. The molecule has 0 amide bonds. The predicted octanol–water partition coefficient (Wildman–Crippen LogP) is 6.74. The van der Waals surface area contributed by atoms with Gasteiger partial charge in [-0.3, -0.25) is 0 Å². The van der Waals surface area contributed by atoms with Gasteiger partial charge in [-0.15, -0.1) is 11.8 Å². The third-order valence-electron chi connectivity index (χ3n) is 5.20. The molecule has 0 aliphatic carbocycles. The fourth-order valence-corrected chi connectivity index (χ4v) is 4.50. The van der Waals surface area contributed by atoms with Gasteiger partial charge in [-0.05, 0) is 30.2 Å². The summed E-state index contributed by atoms with van der Waals surface area (Å²) in [6.07, 6.45) is 15.0. The molecule has 0 aromatic heterocycles. The highest BCUT2D eigenvalue weighted by Crippen LogP contribution is 2.28. The monoisotopic (exact) mass is 403 g/mol. The quantitative estimate of drug-likeness (QED) is 0.269. The van der Waals surface area contributed by atoms with Crippen LogP contribution in [0.2, 0.25) is 0 Å². The Balaban J connectivity index is 1.60. The SMILES string of the molecule is CCCCCCCCCCCCOC(=O)c1cccc(C=C2SCCN2C)c1. The van der Waals surface area contributed by atoms with E-state index in [9.17, 15) is 4.79 Å². The molecule has 156 valence electrons. The summed E-state index contributed by atoms with van der Waals surface area (Å²) < 4.78 is 5.47. The van der Waals surface area contributed by atoms with Crippen molar-refractivity contribution < 1.29 is 9.53 Å². The summed E-state index contributed by atoms with van der Waals surface area (Å²) >= 11 is 1.86. The first kappa shape index (κ1) is 22.9. The number of nitrogens with zero attached hydrogens (tertiary/aromatic N) is 1. The lowest BCUT2D eigenvalue weighted by atomic mass is 10.1. The van der Waals surface area contributed by atoms with E-state index in [1.807, 2.05) is 36.0 Å². The highest BCUT2D eigenvalue weighted by molar-refractivity contribution is 8.03. The molecule has 28 heavy (non-hydrogen) atoms. The van der Waals surface area contributed by atoms with Crippen LogP contribution in [0.15, 0.2) is 29.3 Å². The van der Waals surface area contributed by atoms with Crippen molar-refractivity contribution in [2.45, 2.75) is 71.1 Å². The average molecular weight is 404 g/mol. The Bertz CT molecular complexity index is 614. The van der Waals surface area contributed by atoms with Gasteiger partial charge in [-0.25, -0.2) is 4.79 Å². The summed E-state index contributed by atoms with van der Waals surface area (Å²) in [4.78, 5) is 14.6. The van der Waals surface area contributed by atoms with Gasteiger partial charge in [-0.2, -0.15) is 0 Å². The van der Waals surface area contributed by atoms with E-state index in [1.54, 1.807) is 0 Å². The predicted molar refractivity (Wildman–Crippen MR) is 122 cm³/mol. The molecule has 0 spiro atoms. The number of carbonyl (C=O) groups excluding carboxylic acids is 1. The molecule has 1 saturated heterocycles. The van der Waals surface area contributed by atoms with E-state index in [4.69, 9.17) is 4.74 Å². The first-order valence-corrected chi connectivity index (χ1v) is 12.0. The number of carbonyl (C=O) groups is 1. The second-order valence-corrected chi connectivity index (χ2v) is 8.81. The van der Waals surface area contributed by atoms with Gasteiger partial charge in [0.25, 0.3) is 0 Å². The number of thioether (sulfide) groups is 1. The molecule has 1 aliphatic rings. The summed E-state index contributed by atoms with van der Waals surface area (Å²) in [5.74, 6) is 0.923. The summed E-state index contributed by atoms with van der Waals surface area (Å²) in [6, 6.07) is 7.75. The lowest BCUT2D eigenvalue weighted by Gasteiger charge is -2.11. The number of hydrogen-bond acceptors (Lipinski definition) is 4. The number of hydrogen-bond donors (Lipinski definition) is 0. The number of benzene rings is 1. The lowest BCUT2D eigenvalue weighted by molar-refractivity contribution is 0.0497. The Morgan fingerprint density at radius 3 is 2.39 bits per heavy atom. The third-order valence-corrected chi connectivity index (χ3v) is 6.31. The molecule has 0 N–H and O–H groups in total. The van der Waals surface area contributed by atoms with Crippen LogP contribution in [-0.4, -0.2) is 36.8 Å². The van der Waals surface area contributed by atoms with Gasteiger partial charge < -0.3 is 9.64 Å². The minimum Gasteiger partial charge on any atom is -0.462 e. The first-order valence-electron chi connectivity index (χ1n) is 11.0. The zero-order valence-electron chi connectivity index (χ0n) is 17.8. The fourth-order valence-electron chi connectivity index (χ4n) is 3.40. The van der Waals surface area contributed by atoms with Crippen LogP contribution in [0.25, 0.3) is 6.08 Å². The molecule has 0 radical (unpaired) electrons. The molecule has 0 atom stereocenters. The molecule has 1 heterocycles. The van der Waals surface area contributed by atoms with Gasteiger partial charge in [0.05, 0.1) is 17.2 Å². The van der Waals surface area contributed by atoms with Gasteiger partial charge in [0.2, 0.25) is 0 Å². The van der Waals surface area contributed by atoms with E-state index in [0.717, 1.165) is 30.7 Å². The number of ether oxygens (including phenoxy) is 1. The van der Waals surface area contributed by atoms with E-state index in [2.05, 4.69) is 24.9 Å². The standard InChI is InChI=1S/C24H37NO2S/c1-3-4-5-6-7-8-9-10-11-12-17-27-24(26)22-15-13-14-21(19-22)20-23-25(2)16-18-28-23/h13-15,19-20H,3-12,16-18H2,1-2H3. The van der Waals surface area contributed by atoms with Crippen LogP contribution in [0.5, 0.6) is 0 Å². The summed E-state index contributed by atoms with van der Waals surface area (Å²) in [5, 5.41) is 1.26. The fraction of sp³-hybridized carbons (Fsp3) is 0.625. The van der Waals surface area contributed by atoms with Gasteiger partial charge in [0, 0.05) is 19.3 Å². The molecule has 0 unspecified atom stereocenters. The molecule has 1 aliphatic heterocycles. The van der Waals surface area contributed by atoms with E-state index < -0.39 is 0 Å². The van der Waals surface area contributed by atoms with Crippen molar-refractivity contribution in [1.29, 1.82) is 0 Å². The summed E-state index contributed by atoms with van der Waals surface area (Å²) in [6.45, 7) is 3.87. The second-order valence-electron chi connectivity index (χ2n) is 7.70. The lowest BCUT2D eigenvalue weighted by Crippen LogP contribution is -2.10. The van der Waals surface area contributed by atoms with Crippen molar-refractivity contribution in [1.82, 2.24) is 4.90 Å². The molecule has 0 saturated carbocycles. The van der Waals surface area contributed by atoms with E-state index in [1.165, 1.54) is 56.4 Å². The first-order chi connectivity index (χ1) is 13.7. The van der Waals surface area contributed by atoms with Crippen LogP contribution in [-0.2, 0) is 4.74 Å². The maximum absolute atomic E-state index is 12.3. The van der Waals surface area contributed by atoms with Crippen LogP contribution < -0.4 is 0 Å². The van der Waals surface area contributed by atoms with E-state index in [-0.39, 0.29) is 5.97 Å².